The molecule has 8 nitrogen and oxygen atoms in total. The van der Waals surface area contributed by atoms with Crippen LogP contribution in [-0.4, -0.2) is 46.5 Å². The van der Waals surface area contributed by atoms with Gasteiger partial charge in [-0.15, -0.1) is 0 Å². The number of phenolic OH excluding ortho intramolecular Hbond substituents is 1. The van der Waals surface area contributed by atoms with Crippen molar-refractivity contribution >= 4 is 34.1 Å². The third-order valence-corrected chi connectivity index (χ3v) is 6.08. The molecule has 10 heteroatoms. The first kappa shape index (κ1) is 21.0. The molecule has 0 spiro atoms. The smallest absolute Gasteiger partial charge is 0.158 e. The standard InChI is InChI=1S/C23H19ClFN7O/c24-16-9-14(17(25)10-18(16)33)21-15(11-26)19(20-22(27)30-31-23(20)29-21)12-1-3-13(4-2-12)32-7-5-28-6-8-32/h1-4,9-10,28,33H,5-8H2,(H3,27,29,30,31). The van der Waals surface area contributed by atoms with Gasteiger partial charge < -0.3 is 21.1 Å². The number of aromatic nitrogens is 3. The zero-order valence-electron chi connectivity index (χ0n) is 17.4. The lowest BCUT2D eigenvalue weighted by Crippen LogP contribution is -2.43. The summed E-state index contributed by atoms with van der Waals surface area (Å²) in [6.45, 7) is 3.64. The Balaban J connectivity index is 1.73. The van der Waals surface area contributed by atoms with E-state index in [4.69, 9.17) is 17.3 Å². The number of aromatic hydroxyl groups is 1. The maximum atomic E-state index is 14.8. The molecule has 33 heavy (non-hydrogen) atoms. The van der Waals surface area contributed by atoms with Gasteiger partial charge in [-0.3, -0.25) is 5.10 Å². The molecule has 1 saturated heterocycles. The number of fused-ring (bicyclic) bond motifs is 1. The van der Waals surface area contributed by atoms with Crippen LogP contribution in [0, 0.1) is 17.1 Å². The number of phenols is 1. The number of hydrogen-bond donors (Lipinski definition) is 4. The van der Waals surface area contributed by atoms with Crippen LogP contribution in [0.1, 0.15) is 5.56 Å². The van der Waals surface area contributed by atoms with Gasteiger partial charge in [0.2, 0.25) is 0 Å². The molecule has 1 fully saturated rings. The number of aromatic amines is 1. The van der Waals surface area contributed by atoms with Crippen LogP contribution in [0.5, 0.6) is 5.75 Å². The summed E-state index contributed by atoms with van der Waals surface area (Å²) in [5, 5.41) is 30.4. The van der Waals surface area contributed by atoms with E-state index in [1.54, 1.807) is 0 Å². The molecule has 1 aliphatic rings. The van der Waals surface area contributed by atoms with Crippen LogP contribution in [0.3, 0.4) is 0 Å². The van der Waals surface area contributed by atoms with E-state index in [1.165, 1.54) is 6.07 Å². The molecule has 3 heterocycles. The highest BCUT2D eigenvalue weighted by atomic mass is 35.5. The van der Waals surface area contributed by atoms with Crippen LogP contribution >= 0.6 is 11.6 Å². The summed E-state index contributed by atoms with van der Waals surface area (Å²) in [7, 11) is 0. The normalized spacial score (nSPS) is 13.9. The Hall–Kier alpha value is -3.87. The second kappa shape index (κ2) is 8.24. The fraction of sp³-hybridized carbons (Fsp3) is 0.174. The quantitative estimate of drug-likeness (QED) is 0.365. The Morgan fingerprint density at radius 1 is 1.18 bits per heavy atom. The maximum absolute atomic E-state index is 14.8. The lowest BCUT2D eigenvalue weighted by Gasteiger charge is -2.29. The summed E-state index contributed by atoms with van der Waals surface area (Å²) < 4.78 is 14.8. The predicted octanol–water partition coefficient (Wildman–Crippen LogP) is 3.65. The van der Waals surface area contributed by atoms with Crippen molar-refractivity contribution in [3.8, 4) is 34.2 Å². The van der Waals surface area contributed by atoms with E-state index in [1.807, 2.05) is 24.3 Å². The average molecular weight is 464 g/mol. The topological polar surface area (TPSA) is 127 Å². The monoisotopic (exact) mass is 463 g/mol. The van der Waals surface area contributed by atoms with E-state index in [0.29, 0.717) is 16.6 Å². The molecule has 0 unspecified atom stereocenters. The first-order valence-corrected chi connectivity index (χ1v) is 10.7. The van der Waals surface area contributed by atoms with Crippen LogP contribution in [0.25, 0.3) is 33.4 Å². The number of nitrogens with two attached hydrogens (primary N) is 1. The Morgan fingerprint density at radius 3 is 2.61 bits per heavy atom. The Kier molecular flexibility index (Phi) is 5.24. The number of benzene rings is 2. The number of piperazine rings is 1. The molecule has 5 rings (SSSR count). The van der Waals surface area contributed by atoms with E-state index in [9.17, 15) is 14.8 Å². The van der Waals surface area contributed by atoms with E-state index >= 15 is 0 Å². The van der Waals surface area contributed by atoms with Gasteiger partial charge in [-0.25, -0.2) is 9.37 Å². The number of nitriles is 1. The number of halogens is 2. The third kappa shape index (κ3) is 3.59. The molecule has 0 bridgehead atoms. The van der Waals surface area contributed by atoms with Gasteiger partial charge in [-0.1, -0.05) is 23.7 Å². The van der Waals surface area contributed by atoms with E-state index < -0.39 is 11.6 Å². The number of nitrogens with one attached hydrogen (secondary N) is 2. The van der Waals surface area contributed by atoms with Crippen molar-refractivity contribution in [2.24, 2.45) is 0 Å². The van der Waals surface area contributed by atoms with Crippen molar-refractivity contribution in [1.82, 2.24) is 20.5 Å². The number of rotatable bonds is 3. The molecule has 5 N–H and O–H groups in total. The van der Waals surface area contributed by atoms with Crippen molar-refractivity contribution in [3.05, 3.63) is 52.8 Å². The molecule has 2 aromatic carbocycles. The summed E-state index contributed by atoms with van der Waals surface area (Å²) in [5.74, 6) is -0.967. The molecule has 1 aliphatic heterocycles. The first-order chi connectivity index (χ1) is 16.0. The Bertz CT molecular complexity index is 1410. The van der Waals surface area contributed by atoms with Gasteiger partial charge in [-0.2, -0.15) is 10.4 Å². The minimum atomic E-state index is -0.757. The average Bonchev–Trinajstić information content (AvgIpc) is 3.21. The predicted molar refractivity (Wildman–Crippen MR) is 126 cm³/mol. The SMILES string of the molecule is N#Cc1c(-c2cc(Cl)c(O)cc2F)nc2[nH]nc(N)c2c1-c1ccc(N2CCNCC2)cc1. The van der Waals surface area contributed by atoms with Crippen LogP contribution in [0.2, 0.25) is 5.02 Å². The lowest BCUT2D eigenvalue weighted by molar-refractivity contribution is 0.469. The zero-order chi connectivity index (χ0) is 23.1. The lowest BCUT2D eigenvalue weighted by atomic mass is 9.93. The number of anilines is 2. The summed E-state index contributed by atoms with van der Waals surface area (Å²) in [4.78, 5) is 6.71. The molecule has 2 aromatic heterocycles. The molecule has 0 aliphatic carbocycles. The highest BCUT2D eigenvalue weighted by molar-refractivity contribution is 6.32. The fourth-order valence-electron chi connectivity index (χ4n) is 4.16. The van der Waals surface area contributed by atoms with Crippen LogP contribution in [0.15, 0.2) is 36.4 Å². The minimum Gasteiger partial charge on any atom is -0.506 e. The Morgan fingerprint density at radius 2 is 1.91 bits per heavy atom. The largest absolute Gasteiger partial charge is 0.506 e. The van der Waals surface area contributed by atoms with Crippen molar-refractivity contribution in [2.45, 2.75) is 0 Å². The van der Waals surface area contributed by atoms with Gasteiger partial charge >= 0.3 is 0 Å². The maximum Gasteiger partial charge on any atom is 0.158 e. The van der Waals surface area contributed by atoms with E-state index in [2.05, 4.69) is 31.5 Å². The van der Waals surface area contributed by atoms with Gasteiger partial charge in [-0.05, 0) is 23.8 Å². The number of H-pyrrole nitrogens is 1. The highest BCUT2D eigenvalue weighted by Crippen LogP contribution is 2.41. The van der Waals surface area contributed by atoms with E-state index in [-0.39, 0.29) is 27.7 Å². The Labute approximate surface area is 193 Å². The van der Waals surface area contributed by atoms with Crippen molar-refractivity contribution in [2.75, 3.05) is 36.8 Å². The third-order valence-electron chi connectivity index (χ3n) is 5.78. The van der Waals surface area contributed by atoms with E-state index in [0.717, 1.165) is 43.5 Å². The molecule has 0 amide bonds. The van der Waals surface area contributed by atoms with Gasteiger partial charge in [0.25, 0.3) is 0 Å². The molecule has 4 aromatic rings. The number of nitrogen functional groups attached to an aromatic ring is 1. The summed E-state index contributed by atoms with van der Waals surface area (Å²) in [6, 6.07) is 12.1. The molecular weight excluding hydrogens is 445 g/mol. The molecular formula is C23H19ClFN7O. The molecule has 0 atom stereocenters. The molecule has 166 valence electrons. The van der Waals surface area contributed by atoms with Crippen molar-refractivity contribution in [3.63, 3.8) is 0 Å². The van der Waals surface area contributed by atoms with Gasteiger partial charge in [0.05, 0.1) is 21.7 Å². The van der Waals surface area contributed by atoms with Crippen LogP contribution in [0.4, 0.5) is 15.9 Å². The van der Waals surface area contributed by atoms with Crippen molar-refractivity contribution in [1.29, 1.82) is 5.26 Å². The van der Waals surface area contributed by atoms with Crippen LogP contribution < -0.4 is 16.0 Å². The van der Waals surface area contributed by atoms with Gasteiger partial charge in [0.1, 0.15) is 17.6 Å². The van der Waals surface area contributed by atoms with Crippen molar-refractivity contribution < 1.29 is 9.50 Å². The minimum absolute atomic E-state index is 0.0110. The van der Waals surface area contributed by atoms with Gasteiger partial charge in [0, 0.05) is 49.1 Å². The van der Waals surface area contributed by atoms with Crippen LogP contribution in [-0.2, 0) is 0 Å². The second-order valence-electron chi connectivity index (χ2n) is 7.72. The van der Waals surface area contributed by atoms with Gasteiger partial charge in [0.15, 0.2) is 11.5 Å². The zero-order valence-corrected chi connectivity index (χ0v) is 18.1. The summed E-state index contributed by atoms with van der Waals surface area (Å²) in [5.41, 5.74) is 8.91. The molecule has 0 radical (unpaired) electrons. The number of nitrogens with zero attached hydrogens (tertiary/aromatic N) is 4. The number of pyridine rings is 1. The summed E-state index contributed by atoms with van der Waals surface area (Å²) in [6.07, 6.45) is 0. The second-order valence-corrected chi connectivity index (χ2v) is 8.13. The number of hydrogen-bond acceptors (Lipinski definition) is 7. The highest BCUT2D eigenvalue weighted by Gasteiger charge is 2.24. The first-order valence-electron chi connectivity index (χ1n) is 10.3. The fourth-order valence-corrected chi connectivity index (χ4v) is 4.32. The summed E-state index contributed by atoms with van der Waals surface area (Å²) >= 11 is 6.02. The molecule has 0 saturated carbocycles.